The Balaban J connectivity index is 2.41. The van der Waals surface area contributed by atoms with E-state index in [1.165, 1.54) is 12.6 Å². The highest BCUT2D eigenvalue weighted by Crippen LogP contribution is 2.15. The first-order chi connectivity index (χ1) is 6.99. The predicted octanol–water partition coefficient (Wildman–Crippen LogP) is 0.335. The van der Waals surface area contributed by atoms with Crippen molar-refractivity contribution in [3.05, 3.63) is 24.3 Å². The maximum Gasteiger partial charge on any atom is 0.147 e. The Morgan fingerprint density at radius 1 is 1.53 bits per heavy atom. The summed E-state index contributed by atoms with van der Waals surface area (Å²) < 4.78 is 21.7. The number of rotatable bonds is 5. The van der Waals surface area contributed by atoms with Crippen LogP contribution in [0.25, 0.3) is 0 Å². The van der Waals surface area contributed by atoms with Crippen LogP contribution in [0.5, 0.6) is 0 Å². The van der Waals surface area contributed by atoms with Gasteiger partial charge in [0.1, 0.15) is 16.2 Å². The zero-order chi connectivity index (χ0) is 11.3. The second-order valence-electron chi connectivity index (χ2n) is 3.42. The minimum Gasteiger partial charge on any atom is -0.387 e. The first kappa shape index (κ1) is 12.1. The minimum absolute atomic E-state index is 0.0924. The molecule has 1 heterocycles. The Bertz CT molecular complexity index is 391. The van der Waals surface area contributed by atoms with E-state index in [0.717, 1.165) is 0 Å². The van der Waals surface area contributed by atoms with Crippen molar-refractivity contribution in [1.82, 2.24) is 9.97 Å². The number of aliphatic hydroxyl groups is 1. The molecule has 1 rings (SSSR count). The van der Waals surface area contributed by atoms with Gasteiger partial charge < -0.3 is 5.11 Å². The van der Waals surface area contributed by atoms with E-state index >= 15 is 0 Å². The van der Waals surface area contributed by atoms with E-state index in [2.05, 4.69) is 9.97 Å². The van der Waals surface area contributed by atoms with E-state index in [0.29, 0.717) is 18.5 Å². The fourth-order valence-electron chi connectivity index (χ4n) is 1.18. The third kappa shape index (κ3) is 4.85. The third-order valence-electron chi connectivity index (χ3n) is 1.94. The van der Waals surface area contributed by atoms with Gasteiger partial charge in [-0.3, -0.25) is 0 Å². The number of nitrogens with zero attached hydrogens (tertiary/aromatic N) is 2. The molecule has 84 valence electrons. The van der Waals surface area contributed by atoms with Crippen LogP contribution in [0.1, 0.15) is 24.6 Å². The van der Waals surface area contributed by atoms with Crippen LogP contribution in [0, 0.1) is 0 Å². The van der Waals surface area contributed by atoms with Gasteiger partial charge >= 0.3 is 0 Å². The Hall–Kier alpha value is -1.01. The van der Waals surface area contributed by atoms with Crippen molar-refractivity contribution in [2.24, 2.45) is 0 Å². The normalized spacial score (nSPS) is 13.7. The van der Waals surface area contributed by atoms with Gasteiger partial charge in [-0.05, 0) is 18.9 Å². The molecule has 0 bridgehead atoms. The number of aromatic nitrogens is 2. The molecule has 15 heavy (non-hydrogen) atoms. The summed E-state index contributed by atoms with van der Waals surface area (Å²) in [7, 11) is -2.95. The van der Waals surface area contributed by atoms with Gasteiger partial charge in [-0.25, -0.2) is 18.4 Å². The van der Waals surface area contributed by atoms with Crippen LogP contribution in [-0.4, -0.2) is 35.5 Å². The van der Waals surface area contributed by atoms with Crippen LogP contribution in [0.2, 0.25) is 0 Å². The zero-order valence-electron chi connectivity index (χ0n) is 8.50. The first-order valence-electron chi connectivity index (χ1n) is 4.61. The molecule has 0 aliphatic carbocycles. The van der Waals surface area contributed by atoms with Crippen molar-refractivity contribution in [3.8, 4) is 0 Å². The van der Waals surface area contributed by atoms with E-state index in [1.54, 1.807) is 12.3 Å². The number of hydrogen-bond acceptors (Lipinski definition) is 5. The highest BCUT2D eigenvalue weighted by molar-refractivity contribution is 7.90. The molecular formula is C9H14N2O3S. The molecule has 0 amide bonds. The Morgan fingerprint density at radius 2 is 2.27 bits per heavy atom. The van der Waals surface area contributed by atoms with Crippen molar-refractivity contribution in [2.45, 2.75) is 18.9 Å². The Kier molecular flexibility index (Phi) is 4.16. The summed E-state index contributed by atoms with van der Waals surface area (Å²) in [5, 5.41) is 9.63. The van der Waals surface area contributed by atoms with E-state index < -0.39 is 15.9 Å². The van der Waals surface area contributed by atoms with Gasteiger partial charge in [-0.1, -0.05) is 0 Å². The Labute approximate surface area is 89.1 Å². The predicted molar refractivity (Wildman–Crippen MR) is 55.9 cm³/mol. The lowest BCUT2D eigenvalue weighted by molar-refractivity contribution is 0.162. The second-order valence-corrected chi connectivity index (χ2v) is 5.68. The number of hydrogen-bond donors (Lipinski definition) is 1. The highest BCUT2D eigenvalue weighted by atomic mass is 32.2. The summed E-state index contributed by atoms with van der Waals surface area (Å²) in [4.78, 5) is 7.61. The SMILES string of the molecule is CS(=O)(=O)CCCC(O)c1ccncn1. The highest BCUT2D eigenvalue weighted by Gasteiger charge is 2.10. The van der Waals surface area contributed by atoms with Crippen molar-refractivity contribution in [3.63, 3.8) is 0 Å². The summed E-state index contributed by atoms with van der Waals surface area (Å²) >= 11 is 0. The summed E-state index contributed by atoms with van der Waals surface area (Å²) in [6, 6.07) is 1.62. The van der Waals surface area contributed by atoms with Gasteiger partial charge in [0.25, 0.3) is 0 Å². The van der Waals surface area contributed by atoms with Crippen molar-refractivity contribution >= 4 is 9.84 Å². The molecule has 5 nitrogen and oxygen atoms in total. The van der Waals surface area contributed by atoms with E-state index in [4.69, 9.17) is 0 Å². The molecule has 1 N–H and O–H groups in total. The average molecular weight is 230 g/mol. The molecule has 0 spiro atoms. The third-order valence-corrected chi connectivity index (χ3v) is 2.97. The summed E-state index contributed by atoms with van der Waals surface area (Å²) in [6.45, 7) is 0. The monoisotopic (exact) mass is 230 g/mol. The van der Waals surface area contributed by atoms with Gasteiger partial charge in [0.05, 0.1) is 11.8 Å². The molecule has 0 aliphatic rings. The molecule has 0 fully saturated rings. The summed E-state index contributed by atoms with van der Waals surface area (Å²) in [5.74, 6) is 0.0924. The maximum atomic E-state index is 10.8. The molecular weight excluding hydrogens is 216 g/mol. The molecule has 1 unspecified atom stereocenters. The van der Waals surface area contributed by atoms with Crippen LogP contribution in [0.4, 0.5) is 0 Å². The lowest BCUT2D eigenvalue weighted by atomic mass is 10.1. The number of sulfone groups is 1. The molecule has 0 aliphatic heterocycles. The van der Waals surface area contributed by atoms with Gasteiger partial charge in [-0.2, -0.15) is 0 Å². The molecule has 0 saturated heterocycles. The van der Waals surface area contributed by atoms with Gasteiger partial charge in [0.2, 0.25) is 0 Å². The molecule has 0 aromatic carbocycles. The van der Waals surface area contributed by atoms with E-state index in [9.17, 15) is 13.5 Å². The van der Waals surface area contributed by atoms with Crippen LogP contribution in [-0.2, 0) is 9.84 Å². The van der Waals surface area contributed by atoms with Crippen LogP contribution >= 0.6 is 0 Å². The first-order valence-corrected chi connectivity index (χ1v) is 6.67. The summed E-state index contributed by atoms with van der Waals surface area (Å²) in [5.41, 5.74) is 0.526. The molecule has 1 aromatic rings. The standard InChI is InChI=1S/C9H14N2O3S/c1-15(13,14)6-2-3-9(12)8-4-5-10-7-11-8/h4-5,7,9,12H,2-3,6H2,1H3. The van der Waals surface area contributed by atoms with Crippen LogP contribution in [0.3, 0.4) is 0 Å². The van der Waals surface area contributed by atoms with Gasteiger partial charge in [0.15, 0.2) is 0 Å². The maximum absolute atomic E-state index is 10.8. The lowest BCUT2D eigenvalue weighted by Gasteiger charge is -2.08. The van der Waals surface area contributed by atoms with E-state index in [-0.39, 0.29) is 5.75 Å². The largest absolute Gasteiger partial charge is 0.387 e. The molecule has 1 atom stereocenters. The summed E-state index contributed by atoms with van der Waals surface area (Å²) in [6.07, 6.45) is 4.20. The Morgan fingerprint density at radius 3 is 2.80 bits per heavy atom. The van der Waals surface area contributed by atoms with Crippen molar-refractivity contribution in [2.75, 3.05) is 12.0 Å². The average Bonchev–Trinajstić information content (AvgIpc) is 2.17. The van der Waals surface area contributed by atoms with Crippen LogP contribution in [0.15, 0.2) is 18.6 Å². The minimum atomic E-state index is -2.95. The van der Waals surface area contributed by atoms with Crippen molar-refractivity contribution in [1.29, 1.82) is 0 Å². The number of aliphatic hydroxyl groups excluding tert-OH is 1. The second kappa shape index (κ2) is 5.18. The van der Waals surface area contributed by atoms with Crippen molar-refractivity contribution < 1.29 is 13.5 Å². The molecule has 0 saturated carbocycles. The van der Waals surface area contributed by atoms with Gasteiger partial charge in [0, 0.05) is 18.2 Å². The van der Waals surface area contributed by atoms with Crippen LogP contribution < -0.4 is 0 Å². The molecule has 6 heteroatoms. The fourth-order valence-corrected chi connectivity index (χ4v) is 1.88. The fraction of sp³-hybridized carbons (Fsp3) is 0.556. The van der Waals surface area contributed by atoms with E-state index in [1.807, 2.05) is 0 Å². The topological polar surface area (TPSA) is 80.2 Å². The smallest absolute Gasteiger partial charge is 0.147 e. The molecule has 0 radical (unpaired) electrons. The zero-order valence-corrected chi connectivity index (χ0v) is 9.31. The lowest BCUT2D eigenvalue weighted by Crippen LogP contribution is -2.06. The molecule has 1 aromatic heterocycles. The quantitative estimate of drug-likeness (QED) is 0.788. The van der Waals surface area contributed by atoms with Gasteiger partial charge in [-0.15, -0.1) is 0 Å².